The highest BCUT2D eigenvalue weighted by atomic mass is 16.6. The number of carbonyl (C=O) groups is 1. The molecule has 5 heteroatoms. The van der Waals surface area contributed by atoms with Crippen molar-refractivity contribution >= 4 is 11.8 Å². The van der Waals surface area contributed by atoms with Crippen LogP contribution in [0.1, 0.15) is 32.8 Å². The summed E-state index contributed by atoms with van der Waals surface area (Å²) in [6.45, 7) is 7.78. The second-order valence-electron chi connectivity index (χ2n) is 6.48. The first-order valence-corrected chi connectivity index (χ1v) is 7.81. The number of hydrogen-bond donors (Lipinski definition) is 1. The molecule has 0 aromatic heterocycles. The van der Waals surface area contributed by atoms with Gasteiger partial charge in [-0.25, -0.2) is 4.79 Å². The van der Waals surface area contributed by atoms with Gasteiger partial charge in [0.05, 0.1) is 5.69 Å². The summed E-state index contributed by atoms with van der Waals surface area (Å²) in [6.07, 6.45) is 1.61. The fourth-order valence-electron chi connectivity index (χ4n) is 2.44. The number of benzene rings is 1. The number of amides is 1. The summed E-state index contributed by atoms with van der Waals surface area (Å²) in [5.74, 6) is 0.847. The van der Waals surface area contributed by atoms with Crippen LogP contribution in [0.25, 0.3) is 0 Å². The van der Waals surface area contributed by atoms with Crippen LogP contribution in [0.4, 0.5) is 10.5 Å². The molecule has 0 radical (unpaired) electrons. The van der Waals surface area contributed by atoms with Crippen molar-refractivity contribution in [1.29, 1.82) is 0 Å². The first-order valence-electron chi connectivity index (χ1n) is 7.81. The van der Waals surface area contributed by atoms with Gasteiger partial charge in [-0.3, -0.25) is 4.90 Å². The zero-order valence-corrected chi connectivity index (χ0v) is 13.9. The summed E-state index contributed by atoms with van der Waals surface area (Å²) < 4.78 is 11.2. The average Bonchev–Trinajstić information content (AvgIpc) is 2.45. The summed E-state index contributed by atoms with van der Waals surface area (Å²) >= 11 is 0. The molecule has 0 aliphatic carbocycles. The van der Waals surface area contributed by atoms with Crippen LogP contribution in [0.15, 0.2) is 18.2 Å². The Morgan fingerprint density at radius 1 is 1.36 bits per heavy atom. The molecule has 0 spiro atoms. The molecule has 1 amide bonds. The van der Waals surface area contributed by atoms with Gasteiger partial charge >= 0.3 is 6.09 Å². The van der Waals surface area contributed by atoms with Gasteiger partial charge in [-0.2, -0.15) is 0 Å². The van der Waals surface area contributed by atoms with Crippen LogP contribution < -0.4 is 15.0 Å². The number of anilines is 1. The smallest absolute Gasteiger partial charge is 0.414 e. The highest BCUT2D eigenvalue weighted by molar-refractivity contribution is 5.89. The second-order valence-corrected chi connectivity index (χ2v) is 6.48. The van der Waals surface area contributed by atoms with Gasteiger partial charge in [-0.15, -0.1) is 0 Å². The Kier molecular flexibility index (Phi) is 5.29. The van der Waals surface area contributed by atoms with E-state index in [9.17, 15) is 4.79 Å². The van der Waals surface area contributed by atoms with Gasteiger partial charge in [0.15, 0.2) is 0 Å². The fraction of sp³-hybridized carbons (Fsp3) is 0.588. The molecule has 1 heterocycles. The zero-order valence-electron chi connectivity index (χ0n) is 13.9. The second kappa shape index (κ2) is 7.01. The number of aryl methyl sites for hydroxylation is 1. The van der Waals surface area contributed by atoms with E-state index in [2.05, 4.69) is 5.32 Å². The summed E-state index contributed by atoms with van der Waals surface area (Å²) in [4.78, 5) is 14.1. The quantitative estimate of drug-likeness (QED) is 0.869. The predicted molar refractivity (Wildman–Crippen MR) is 87.8 cm³/mol. The number of fused-ring (bicyclic) bond motifs is 1. The van der Waals surface area contributed by atoms with E-state index in [4.69, 9.17) is 9.47 Å². The first kappa shape index (κ1) is 16.6. The van der Waals surface area contributed by atoms with Crippen LogP contribution in [-0.2, 0) is 11.2 Å². The molecule has 2 rings (SSSR count). The lowest BCUT2D eigenvalue weighted by molar-refractivity contribution is 0.0578. The Bertz CT molecular complexity index is 523. The van der Waals surface area contributed by atoms with E-state index >= 15 is 0 Å². The van der Waals surface area contributed by atoms with Crippen LogP contribution in [0.3, 0.4) is 0 Å². The van der Waals surface area contributed by atoms with Gasteiger partial charge in [0.1, 0.15) is 18.0 Å². The molecule has 1 aliphatic heterocycles. The highest BCUT2D eigenvalue weighted by Crippen LogP contribution is 2.31. The molecule has 5 nitrogen and oxygen atoms in total. The van der Waals surface area contributed by atoms with Crippen molar-refractivity contribution in [3.63, 3.8) is 0 Å². The third-order valence-electron chi connectivity index (χ3n) is 3.40. The van der Waals surface area contributed by atoms with Crippen molar-refractivity contribution in [1.82, 2.24) is 5.32 Å². The molecule has 0 saturated carbocycles. The molecule has 1 N–H and O–H groups in total. The molecule has 0 unspecified atom stereocenters. The van der Waals surface area contributed by atoms with E-state index in [-0.39, 0.29) is 6.09 Å². The molecular formula is C17H26N2O3. The third-order valence-corrected chi connectivity index (χ3v) is 3.40. The molecule has 0 saturated heterocycles. The Balaban J connectivity index is 2.12. The summed E-state index contributed by atoms with van der Waals surface area (Å²) in [6, 6.07) is 5.89. The summed E-state index contributed by atoms with van der Waals surface area (Å²) in [5.41, 5.74) is 1.59. The summed E-state index contributed by atoms with van der Waals surface area (Å²) in [5, 5.41) is 3.05. The van der Waals surface area contributed by atoms with E-state index in [1.807, 2.05) is 46.0 Å². The minimum atomic E-state index is -0.481. The predicted octanol–water partition coefficient (Wildman–Crippen LogP) is 2.97. The van der Waals surface area contributed by atoms with Crippen LogP contribution in [0.2, 0.25) is 0 Å². The molecule has 0 bridgehead atoms. The summed E-state index contributed by atoms with van der Waals surface area (Å²) in [7, 11) is 1.90. The van der Waals surface area contributed by atoms with Crippen molar-refractivity contribution in [3.05, 3.63) is 23.8 Å². The van der Waals surface area contributed by atoms with Crippen molar-refractivity contribution in [2.24, 2.45) is 0 Å². The van der Waals surface area contributed by atoms with Gasteiger partial charge in [0.25, 0.3) is 0 Å². The largest absolute Gasteiger partial charge is 0.492 e. The molecule has 1 aliphatic rings. The molecule has 1 aromatic carbocycles. The maximum atomic E-state index is 12.3. The van der Waals surface area contributed by atoms with Gasteiger partial charge < -0.3 is 14.8 Å². The Labute approximate surface area is 132 Å². The Hall–Kier alpha value is -1.75. The van der Waals surface area contributed by atoms with Gasteiger partial charge in [0, 0.05) is 13.1 Å². The van der Waals surface area contributed by atoms with Gasteiger partial charge in [0.2, 0.25) is 0 Å². The van der Waals surface area contributed by atoms with Crippen molar-refractivity contribution in [2.45, 2.75) is 39.2 Å². The number of hydrogen-bond acceptors (Lipinski definition) is 4. The maximum Gasteiger partial charge on any atom is 0.414 e. The molecule has 0 fully saturated rings. The van der Waals surface area contributed by atoms with Gasteiger partial charge in [-0.1, -0.05) is 0 Å². The maximum absolute atomic E-state index is 12.3. The monoisotopic (exact) mass is 306 g/mol. The van der Waals surface area contributed by atoms with Crippen molar-refractivity contribution in [2.75, 3.05) is 31.6 Å². The number of carbonyl (C=O) groups excluding carboxylic acids is 1. The van der Waals surface area contributed by atoms with Gasteiger partial charge in [-0.05, 0) is 64.4 Å². The molecular weight excluding hydrogens is 280 g/mol. The van der Waals surface area contributed by atoms with Crippen LogP contribution in [0, 0.1) is 0 Å². The van der Waals surface area contributed by atoms with E-state index in [0.717, 1.165) is 36.4 Å². The highest BCUT2D eigenvalue weighted by Gasteiger charge is 2.27. The van der Waals surface area contributed by atoms with Crippen LogP contribution >= 0.6 is 0 Å². The lowest BCUT2D eigenvalue weighted by atomic mass is 10.0. The zero-order chi connectivity index (χ0) is 16.2. The lowest BCUT2D eigenvalue weighted by Crippen LogP contribution is -2.39. The first-order chi connectivity index (χ1) is 10.4. The minimum absolute atomic E-state index is 0.280. The standard InChI is InChI=1S/C17H26N2O3/c1-17(2,3)22-16(20)19-10-5-6-13-12-14(7-8-15(13)19)21-11-9-18-4/h7-8,12,18H,5-6,9-11H2,1-4H3. The number of rotatable bonds is 4. The van der Waals surface area contributed by atoms with Crippen molar-refractivity contribution in [3.8, 4) is 5.75 Å². The topological polar surface area (TPSA) is 50.8 Å². The van der Waals surface area contributed by atoms with Crippen LogP contribution in [-0.4, -0.2) is 38.4 Å². The normalized spacial score (nSPS) is 14.5. The average molecular weight is 306 g/mol. The number of nitrogens with one attached hydrogen (secondary N) is 1. The number of nitrogens with zero attached hydrogens (tertiary/aromatic N) is 1. The fourth-order valence-corrected chi connectivity index (χ4v) is 2.44. The lowest BCUT2D eigenvalue weighted by Gasteiger charge is -2.31. The van der Waals surface area contributed by atoms with E-state index < -0.39 is 5.60 Å². The molecule has 0 atom stereocenters. The van der Waals surface area contributed by atoms with E-state index in [1.165, 1.54) is 0 Å². The Morgan fingerprint density at radius 2 is 2.14 bits per heavy atom. The van der Waals surface area contributed by atoms with Crippen LogP contribution in [0.5, 0.6) is 5.75 Å². The van der Waals surface area contributed by atoms with E-state index in [0.29, 0.717) is 13.2 Å². The molecule has 1 aromatic rings. The van der Waals surface area contributed by atoms with E-state index in [1.54, 1.807) is 4.90 Å². The third kappa shape index (κ3) is 4.37. The number of likely N-dealkylation sites (N-methyl/N-ethyl adjacent to an activating group) is 1. The SMILES string of the molecule is CNCCOc1ccc2c(c1)CCCN2C(=O)OC(C)(C)C. The molecule has 122 valence electrons. The van der Waals surface area contributed by atoms with Crippen molar-refractivity contribution < 1.29 is 14.3 Å². The number of ether oxygens (including phenoxy) is 2. The Morgan fingerprint density at radius 3 is 2.82 bits per heavy atom. The molecule has 22 heavy (non-hydrogen) atoms. The minimum Gasteiger partial charge on any atom is -0.492 e.